The van der Waals surface area contributed by atoms with E-state index >= 15 is 0 Å². The third-order valence-corrected chi connectivity index (χ3v) is 3.16. The van der Waals surface area contributed by atoms with Crippen LogP contribution in [0.3, 0.4) is 0 Å². The summed E-state index contributed by atoms with van der Waals surface area (Å²) in [5.41, 5.74) is 3.11. The number of nitrogens with one attached hydrogen (secondary N) is 1. The van der Waals surface area contributed by atoms with E-state index in [1.54, 1.807) is 32.9 Å². The molecule has 1 heterocycles. The van der Waals surface area contributed by atoms with Crippen molar-refractivity contribution in [2.24, 2.45) is 5.10 Å². The summed E-state index contributed by atoms with van der Waals surface area (Å²) in [4.78, 5) is 22.5. The van der Waals surface area contributed by atoms with Gasteiger partial charge >= 0.3 is 11.6 Å². The van der Waals surface area contributed by atoms with Crippen LogP contribution in [0, 0.1) is 17.0 Å². The highest BCUT2D eigenvalue weighted by Crippen LogP contribution is 2.28. The zero-order valence-electron chi connectivity index (χ0n) is 13.5. The summed E-state index contributed by atoms with van der Waals surface area (Å²) in [6, 6.07) is 7.71. The second-order valence-corrected chi connectivity index (χ2v) is 4.92. The van der Waals surface area contributed by atoms with Gasteiger partial charge in [0.25, 0.3) is 0 Å². The molecule has 2 aromatic rings. The quantitative estimate of drug-likeness (QED) is 0.497. The minimum absolute atomic E-state index is 0.140. The summed E-state index contributed by atoms with van der Waals surface area (Å²) in [6.07, 6.45) is 0. The van der Waals surface area contributed by atoms with Gasteiger partial charge < -0.3 is 9.15 Å². The highest BCUT2D eigenvalue weighted by Gasteiger charge is 2.17. The molecule has 0 saturated carbocycles. The normalized spacial score (nSPS) is 11.2. The smallest absolute Gasteiger partial charge is 0.311 e. The van der Waals surface area contributed by atoms with E-state index in [-0.39, 0.29) is 17.2 Å². The Morgan fingerprint density at radius 1 is 1.38 bits per heavy atom. The molecule has 1 aromatic carbocycles. The minimum atomic E-state index is -0.522. The Labute approximate surface area is 138 Å². The molecule has 0 unspecified atom stereocenters. The molecular formula is C16H17N3O5. The maximum Gasteiger partial charge on any atom is 0.311 e. The van der Waals surface area contributed by atoms with Crippen LogP contribution in [0.2, 0.25) is 0 Å². The summed E-state index contributed by atoms with van der Waals surface area (Å²) in [5.74, 6) is 0.446. The fraction of sp³-hybridized carbons (Fsp3) is 0.250. The topological polar surface area (TPSA) is 107 Å². The summed E-state index contributed by atoms with van der Waals surface area (Å²) in [7, 11) is 0. The van der Waals surface area contributed by atoms with E-state index in [9.17, 15) is 14.9 Å². The van der Waals surface area contributed by atoms with Crippen LogP contribution in [-0.4, -0.2) is 23.1 Å². The highest BCUT2D eigenvalue weighted by atomic mass is 16.6. The van der Waals surface area contributed by atoms with Crippen LogP contribution < -0.4 is 10.2 Å². The third kappa shape index (κ3) is 3.97. The van der Waals surface area contributed by atoms with Crippen molar-refractivity contribution < 1.29 is 18.9 Å². The van der Waals surface area contributed by atoms with E-state index in [1.165, 1.54) is 18.2 Å². The zero-order valence-corrected chi connectivity index (χ0v) is 13.5. The van der Waals surface area contributed by atoms with E-state index in [2.05, 4.69) is 10.5 Å². The predicted molar refractivity (Wildman–Crippen MR) is 87.4 cm³/mol. The van der Waals surface area contributed by atoms with Gasteiger partial charge in [-0.05, 0) is 45.0 Å². The molecule has 24 heavy (non-hydrogen) atoms. The Hall–Kier alpha value is -3.16. The Morgan fingerprint density at radius 2 is 2.12 bits per heavy atom. The first-order valence-electron chi connectivity index (χ1n) is 7.25. The molecule has 8 heteroatoms. The Bertz CT molecular complexity index is 795. The average Bonchev–Trinajstić information content (AvgIpc) is 2.99. The molecule has 1 N–H and O–H groups in total. The van der Waals surface area contributed by atoms with E-state index in [0.29, 0.717) is 23.6 Å². The van der Waals surface area contributed by atoms with Gasteiger partial charge in [-0.1, -0.05) is 0 Å². The number of hydrazone groups is 1. The fourth-order valence-electron chi connectivity index (χ4n) is 1.97. The number of amides is 1. The standard InChI is InChI=1S/C16H17N3O5/c1-4-23-14-8-6-12(9-13(14)19(21)22)11(3)17-18-16(20)15-7-5-10(2)24-15/h5-9H,4H2,1-3H3,(H,18,20)/b17-11+. The lowest BCUT2D eigenvalue weighted by Gasteiger charge is -2.06. The van der Waals surface area contributed by atoms with Crippen LogP contribution in [0.25, 0.3) is 0 Å². The molecular weight excluding hydrogens is 314 g/mol. The maximum absolute atomic E-state index is 11.9. The van der Waals surface area contributed by atoms with Crippen LogP contribution in [0.1, 0.15) is 35.7 Å². The molecule has 0 aliphatic heterocycles. The second kappa shape index (κ2) is 7.40. The number of aryl methyl sites for hydroxylation is 1. The van der Waals surface area contributed by atoms with Crippen molar-refractivity contribution in [3.05, 3.63) is 57.5 Å². The molecule has 0 aliphatic carbocycles. The van der Waals surface area contributed by atoms with Crippen molar-refractivity contribution in [2.75, 3.05) is 6.61 Å². The Balaban J connectivity index is 2.19. The number of nitrogens with zero attached hydrogens (tertiary/aromatic N) is 2. The predicted octanol–water partition coefficient (Wildman–Crippen LogP) is 3.05. The average molecular weight is 331 g/mol. The summed E-state index contributed by atoms with van der Waals surface area (Å²) in [5, 5.41) is 15.1. The van der Waals surface area contributed by atoms with Crippen molar-refractivity contribution in [3.8, 4) is 5.75 Å². The molecule has 0 atom stereocenters. The number of rotatable bonds is 6. The number of ether oxygens (including phenoxy) is 1. The molecule has 0 radical (unpaired) electrons. The van der Waals surface area contributed by atoms with Gasteiger partial charge in [0.15, 0.2) is 11.5 Å². The van der Waals surface area contributed by atoms with Crippen LogP contribution in [-0.2, 0) is 0 Å². The van der Waals surface area contributed by atoms with Crippen LogP contribution in [0.15, 0.2) is 39.9 Å². The Morgan fingerprint density at radius 3 is 2.71 bits per heavy atom. The number of nitro benzene ring substituents is 1. The van der Waals surface area contributed by atoms with Gasteiger partial charge in [-0.15, -0.1) is 0 Å². The number of carbonyl (C=O) groups excluding carboxylic acids is 1. The fourth-order valence-corrected chi connectivity index (χ4v) is 1.97. The van der Waals surface area contributed by atoms with E-state index in [4.69, 9.17) is 9.15 Å². The molecule has 0 fully saturated rings. The van der Waals surface area contributed by atoms with Crippen LogP contribution in [0.5, 0.6) is 5.75 Å². The number of nitro groups is 1. The van der Waals surface area contributed by atoms with Gasteiger partial charge in [0, 0.05) is 11.6 Å². The van der Waals surface area contributed by atoms with E-state index < -0.39 is 10.8 Å². The SMILES string of the molecule is CCOc1ccc(/C(C)=N/NC(=O)c2ccc(C)o2)cc1[N+](=O)[O-]. The number of furan rings is 1. The lowest BCUT2D eigenvalue weighted by molar-refractivity contribution is -0.385. The van der Waals surface area contributed by atoms with Gasteiger partial charge in [-0.25, -0.2) is 5.43 Å². The highest BCUT2D eigenvalue weighted by molar-refractivity contribution is 6.01. The minimum Gasteiger partial charge on any atom is -0.487 e. The van der Waals surface area contributed by atoms with E-state index in [1.807, 2.05) is 0 Å². The number of benzene rings is 1. The molecule has 0 bridgehead atoms. The van der Waals surface area contributed by atoms with Crippen molar-refractivity contribution in [1.82, 2.24) is 5.43 Å². The number of hydrogen-bond acceptors (Lipinski definition) is 6. The third-order valence-electron chi connectivity index (χ3n) is 3.16. The molecule has 8 nitrogen and oxygen atoms in total. The van der Waals surface area contributed by atoms with Gasteiger partial charge in [-0.3, -0.25) is 14.9 Å². The van der Waals surface area contributed by atoms with Crippen molar-refractivity contribution >= 4 is 17.3 Å². The lowest BCUT2D eigenvalue weighted by Crippen LogP contribution is -2.18. The number of carbonyl (C=O) groups is 1. The first-order valence-corrected chi connectivity index (χ1v) is 7.25. The molecule has 1 aromatic heterocycles. The zero-order chi connectivity index (χ0) is 17.7. The largest absolute Gasteiger partial charge is 0.487 e. The Kier molecular flexibility index (Phi) is 5.31. The molecule has 1 amide bonds. The van der Waals surface area contributed by atoms with Gasteiger partial charge in [-0.2, -0.15) is 5.10 Å². The van der Waals surface area contributed by atoms with Crippen molar-refractivity contribution in [3.63, 3.8) is 0 Å². The van der Waals surface area contributed by atoms with Gasteiger partial charge in [0.1, 0.15) is 5.76 Å². The summed E-state index contributed by atoms with van der Waals surface area (Å²) in [6.45, 7) is 5.43. The van der Waals surface area contributed by atoms with Crippen molar-refractivity contribution in [2.45, 2.75) is 20.8 Å². The summed E-state index contributed by atoms with van der Waals surface area (Å²) >= 11 is 0. The molecule has 2 rings (SSSR count). The first kappa shape index (κ1) is 17.2. The maximum atomic E-state index is 11.9. The van der Waals surface area contributed by atoms with Crippen LogP contribution in [0.4, 0.5) is 5.69 Å². The monoisotopic (exact) mass is 331 g/mol. The molecule has 0 spiro atoms. The second-order valence-electron chi connectivity index (χ2n) is 4.92. The summed E-state index contributed by atoms with van der Waals surface area (Å²) < 4.78 is 10.4. The molecule has 0 aliphatic rings. The van der Waals surface area contributed by atoms with Gasteiger partial charge in [0.05, 0.1) is 17.2 Å². The van der Waals surface area contributed by atoms with E-state index in [0.717, 1.165) is 0 Å². The molecule has 126 valence electrons. The molecule has 0 saturated heterocycles. The van der Waals surface area contributed by atoms with Gasteiger partial charge in [0.2, 0.25) is 0 Å². The lowest BCUT2D eigenvalue weighted by atomic mass is 10.1. The number of hydrogen-bond donors (Lipinski definition) is 1. The van der Waals surface area contributed by atoms with Crippen molar-refractivity contribution in [1.29, 1.82) is 0 Å². The van der Waals surface area contributed by atoms with Crippen LogP contribution >= 0.6 is 0 Å². The first-order chi connectivity index (χ1) is 11.4.